The molecule has 8 nitrogen and oxygen atoms in total. The number of aromatic nitrogens is 2. The minimum Gasteiger partial charge on any atom is -0.497 e. The molecule has 3 aromatic rings. The smallest absolute Gasteiger partial charge is 0.259 e. The van der Waals surface area contributed by atoms with Gasteiger partial charge in [0.15, 0.2) is 5.82 Å². The van der Waals surface area contributed by atoms with Gasteiger partial charge >= 0.3 is 0 Å². The number of amides is 1. The number of hydrogen-bond donors (Lipinski definition) is 1. The SMILES string of the molecule is COc1ccc(N2CCN(CCN(C(=O)c3ccc(N)cc3)c3nn(C)c4c3CCCC4)CC2)cc1. The minimum absolute atomic E-state index is 0.0154. The fourth-order valence-corrected chi connectivity index (χ4v) is 5.32. The van der Waals surface area contributed by atoms with Crippen molar-refractivity contribution in [2.45, 2.75) is 25.7 Å². The van der Waals surface area contributed by atoms with Crippen LogP contribution >= 0.6 is 0 Å². The number of piperazine rings is 1. The Morgan fingerprint density at radius 3 is 2.39 bits per heavy atom. The maximum absolute atomic E-state index is 13.7. The lowest BCUT2D eigenvalue weighted by Crippen LogP contribution is -2.49. The molecule has 1 amide bonds. The van der Waals surface area contributed by atoms with E-state index >= 15 is 0 Å². The molecule has 0 spiro atoms. The lowest BCUT2D eigenvalue weighted by atomic mass is 9.97. The lowest BCUT2D eigenvalue weighted by Gasteiger charge is -2.37. The molecule has 190 valence electrons. The molecule has 0 bridgehead atoms. The van der Waals surface area contributed by atoms with E-state index in [1.165, 1.54) is 23.4 Å². The highest BCUT2D eigenvalue weighted by Gasteiger charge is 2.28. The van der Waals surface area contributed by atoms with Crippen LogP contribution < -0.4 is 20.3 Å². The van der Waals surface area contributed by atoms with E-state index in [2.05, 4.69) is 21.9 Å². The molecule has 2 N–H and O–H groups in total. The Bertz CT molecular complexity index is 1180. The van der Waals surface area contributed by atoms with Crippen LogP contribution in [0.3, 0.4) is 0 Å². The zero-order valence-corrected chi connectivity index (χ0v) is 21.3. The second kappa shape index (κ2) is 10.6. The summed E-state index contributed by atoms with van der Waals surface area (Å²) in [7, 11) is 3.69. The monoisotopic (exact) mass is 488 g/mol. The van der Waals surface area contributed by atoms with Crippen LogP contribution in [0.1, 0.15) is 34.5 Å². The highest BCUT2D eigenvalue weighted by Crippen LogP contribution is 2.31. The number of anilines is 3. The number of nitrogens with two attached hydrogens (primary N) is 1. The van der Waals surface area contributed by atoms with E-state index in [9.17, 15) is 4.79 Å². The van der Waals surface area contributed by atoms with E-state index in [1.54, 1.807) is 19.2 Å². The van der Waals surface area contributed by atoms with Gasteiger partial charge in [0.05, 0.1) is 7.11 Å². The Morgan fingerprint density at radius 1 is 1.00 bits per heavy atom. The number of ether oxygens (including phenoxy) is 1. The maximum atomic E-state index is 13.7. The molecule has 1 aromatic heterocycles. The van der Waals surface area contributed by atoms with Gasteiger partial charge < -0.3 is 15.4 Å². The normalized spacial score (nSPS) is 16.0. The molecule has 0 unspecified atom stereocenters. The van der Waals surface area contributed by atoms with Crippen LogP contribution in [0, 0.1) is 0 Å². The van der Waals surface area contributed by atoms with Crippen LogP contribution in [-0.2, 0) is 19.9 Å². The molecule has 1 fully saturated rings. The molecule has 5 rings (SSSR count). The molecule has 2 aromatic carbocycles. The third-order valence-corrected chi connectivity index (χ3v) is 7.45. The summed E-state index contributed by atoms with van der Waals surface area (Å²) in [5.74, 6) is 1.68. The van der Waals surface area contributed by atoms with E-state index in [-0.39, 0.29) is 5.91 Å². The van der Waals surface area contributed by atoms with Crippen molar-refractivity contribution in [3.63, 3.8) is 0 Å². The molecule has 0 saturated carbocycles. The van der Waals surface area contributed by atoms with Crippen molar-refractivity contribution in [3.8, 4) is 5.75 Å². The summed E-state index contributed by atoms with van der Waals surface area (Å²) in [6, 6.07) is 15.5. The van der Waals surface area contributed by atoms with Gasteiger partial charge in [-0.05, 0) is 74.2 Å². The molecular formula is C28H36N6O2. The fourth-order valence-electron chi connectivity index (χ4n) is 5.32. The van der Waals surface area contributed by atoms with E-state index in [0.717, 1.165) is 63.6 Å². The van der Waals surface area contributed by atoms with Crippen molar-refractivity contribution in [2.75, 3.05) is 61.9 Å². The van der Waals surface area contributed by atoms with Crippen molar-refractivity contribution >= 4 is 23.1 Å². The molecule has 0 radical (unpaired) electrons. The third-order valence-electron chi connectivity index (χ3n) is 7.45. The van der Waals surface area contributed by atoms with Gasteiger partial charge in [0.25, 0.3) is 5.91 Å². The van der Waals surface area contributed by atoms with Crippen molar-refractivity contribution in [2.24, 2.45) is 7.05 Å². The maximum Gasteiger partial charge on any atom is 0.259 e. The van der Waals surface area contributed by atoms with Crippen LogP contribution in [0.15, 0.2) is 48.5 Å². The van der Waals surface area contributed by atoms with Gasteiger partial charge in [0, 0.05) is 74.5 Å². The van der Waals surface area contributed by atoms with Crippen LogP contribution in [0.4, 0.5) is 17.2 Å². The van der Waals surface area contributed by atoms with Crippen molar-refractivity contribution < 1.29 is 9.53 Å². The van der Waals surface area contributed by atoms with Crippen LogP contribution in [0.2, 0.25) is 0 Å². The molecule has 36 heavy (non-hydrogen) atoms. The number of methoxy groups -OCH3 is 1. The summed E-state index contributed by atoms with van der Waals surface area (Å²) in [5.41, 5.74) is 10.9. The largest absolute Gasteiger partial charge is 0.497 e. The average molecular weight is 489 g/mol. The molecule has 0 atom stereocenters. The topological polar surface area (TPSA) is 79.9 Å². The van der Waals surface area contributed by atoms with E-state index < -0.39 is 0 Å². The van der Waals surface area contributed by atoms with Crippen molar-refractivity contribution in [3.05, 3.63) is 65.4 Å². The Balaban J connectivity index is 1.29. The summed E-state index contributed by atoms with van der Waals surface area (Å²) in [5, 5.41) is 4.85. The molecule has 1 saturated heterocycles. The Kier molecular flexibility index (Phi) is 7.13. The predicted octanol–water partition coefficient (Wildman–Crippen LogP) is 3.36. The van der Waals surface area contributed by atoms with E-state index in [4.69, 9.17) is 15.6 Å². The molecular weight excluding hydrogens is 452 g/mol. The summed E-state index contributed by atoms with van der Waals surface area (Å²) >= 11 is 0. The number of carbonyl (C=O) groups excluding carboxylic acids is 1. The second-order valence-corrected chi connectivity index (χ2v) is 9.69. The number of fused-ring (bicyclic) bond motifs is 1. The molecule has 2 heterocycles. The van der Waals surface area contributed by atoms with Gasteiger partial charge in [0.1, 0.15) is 5.75 Å². The summed E-state index contributed by atoms with van der Waals surface area (Å²) in [4.78, 5) is 20.5. The Hall–Kier alpha value is -3.52. The fraction of sp³-hybridized carbons (Fsp3) is 0.429. The molecule has 1 aliphatic heterocycles. The van der Waals surface area contributed by atoms with Gasteiger partial charge in [-0.2, -0.15) is 5.10 Å². The summed E-state index contributed by atoms with van der Waals surface area (Å²) in [6.07, 6.45) is 4.32. The highest BCUT2D eigenvalue weighted by molar-refractivity contribution is 6.06. The van der Waals surface area contributed by atoms with E-state index in [1.807, 2.05) is 40.9 Å². The van der Waals surface area contributed by atoms with Crippen LogP contribution in [0.5, 0.6) is 5.75 Å². The number of hydrogen-bond acceptors (Lipinski definition) is 6. The summed E-state index contributed by atoms with van der Waals surface area (Å²) in [6.45, 7) is 5.23. The molecule has 8 heteroatoms. The van der Waals surface area contributed by atoms with Crippen molar-refractivity contribution in [1.29, 1.82) is 0 Å². The number of nitrogen functional groups attached to an aromatic ring is 1. The van der Waals surface area contributed by atoms with Gasteiger partial charge in [-0.25, -0.2) is 0 Å². The van der Waals surface area contributed by atoms with Gasteiger partial charge in [-0.3, -0.25) is 19.3 Å². The quantitative estimate of drug-likeness (QED) is 0.514. The first kappa shape index (κ1) is 24.2. The third kappa shape index (κ3) is 5.04. The zero-order valence-electron chi connectivity index (χ0n) is 21.3. The van der Waals surface area contributed by atoms with Crippen LogP contribution in [-0.4, -0.2) is 67.0 Å². The average Bonchev–Trinajstić information content (AvgIpc) is 3.26. The predicted molar refractivity (Wildman–Crippen MR) is 144 cm³/mol. The summed E-state index contributed by atoms with van der Waals surface area (Å²) < 4.78 is 7.26. The number of rotatable bonds is 7. The van der Waals surface area contributed by atoms with Crippen molar-refractivity contribution in [1.82, 2.24) is 14.7 Å². The second-order valence-electron chi connectivity index (χ2n) is 9.69. The lowest BCUT2D eigenvalue weighted by molar-refractivity contribution is 0.0982. The van der Waals surface area contributed by atoms with Gasteiger partial charge in [0.2, 0.25) is 0 Å². The molecule has 1 aliphatic carbocycles. The Labute approximate surface area is 213 Å². The number of benzene rings is 2. The number of nitrogens with zero attached hydrogens (tertiary/aromatic N) is 5. The standard InChI is InChI=1S/C28H36N6O2/c1-31-26-6-4-3-5-25(26)27(30-31)34(28(35)21-7-9-22(29)10-8-21)20-17-32-15-18-33(19-16-32)23-11-13-24(36-2)14-12-23/h7-14H,3-6,15-20,29H2,1-2H3. The first-order valence-electron chi connectivity index (χ1n) is 12.9. The first-order valence-corrected chi connectivity index (χ1v) is 12.9. The number of aryl methyl sites for hydroxylation is 1. The first-order chi connectivity index (χ1) is 17.5. The Morgan fingerprint density at radius 2 is 1.69 bits per heavy atom. The van der Waals surface area contributed by atoms with Gasteiger partial charge in [-0.1, -0.05) is 0 Å². The molecule has 2 aliphatic rings. The van der Waals surface area contributed by atoms with Gasteiger partial charge in [-0.15, -0.1) is 0 Å². The van der Waals surface area contributed by atoms with Crippen LogP contribution in [0.25, 0.3) is 0 Å². The van der Waals surface area contributed by atoms with E-state index in [0.29, 0.717) is 17.8 Å². The minimum atomic E-state index is -0.0154. The zero-order chi connectivity index (χ0) is 25.1. The highest BCUT2D eigenvalue weighted by atomic mass is 16.5. The number of carbonyl (C=O) groups is 1.